The van der Waals surface area contributed by atoms with Crippen molar-refractivity contribution < 1.29 is 9.32 Å². The quantitative estimate of drug-likeness (QED) is 0.907. The molecular formula is C15H24N2O2S. The van der Waals surface area contributed by atoms with Gasteiger partial charge in [-0.1, -0.05) is 31.8 Å². The summed E-state index contributed by atoms with van der Waals surface area (Å²) in [5.41, 5.74) is 0.884. The van der Waals surface area contributed by atoms with Crippen LogP contribution in [0.2, 0.25) is 0 Å². The number of hydrogen-bond donors (Lipinski definition) is 1. The molecule has 0 spiro atoms. The van der Waals surface area contributed by atoms with Crippen molar-refractivity contribution >= 4 is 17.7 Å². The largest absolute Gasteiger partial charge is 0.360 e. The Morgan fingerprint density at radius 3 is 3.00 bits per heavy atom. The van der Waals surface area contributed by atoms with E-state index >= 15 is 0 Å². The standard InChI is InChI=1S/C15H24N2O2S/c1-10-5-4-6-14(12(10)3)16-15(18)9-20-8-13-7-11(2)17-19-13/h7,10,12,14H,4-6,8-9H2,1-3H3,(H,16,18)/t10-,12+,14+/m0/s1. The number of carbonyl (C=O) groups excluding carboxylic acids is 1. The van der Waals surface area contributed by atoms with Gasteiger partial charge in [0.05, 0.1) is 17.2 Å². The highest BCUT2D eigenvalue weighted by atomic mass is 32.2. The Bertz CT molecular complexity index is 447. The van der Waals surface area contributed by atoms with Crippen molar-refractivity contribution in [2.24, 2.45) is 11.8 Å². The lowest BCUT2D eigenvalue weighted by Crippen LogP contribution is -2.44. The van der Waals surface area contributed by atoms with E-state index in [1.165, 1.54) is 12.8 Å². The van der Waals surface area contributed by atoms with Crippen LogP contribution < -0.4 is 5.32 Å². The Labute approximate surface area is 125 Å². The van der Waals surface area contributed by atoms with Crippen LogP contribution in [0.15, 0.2) is 10.6 Å². The highest BCUT2D eigenvalue weighted by molar-refractivity contribution is 7.99. The van der Waals surface area contributed by atoms with Crippen LogP contribution >= 0.6 is 11.8 Å². The molecule has 4 nitrogen and oxygen atoms in total. The first-order chi connectivity index (χ1) is 9.56. The summed E-state index contributed by atoms with van der Waals surface area (Å²) in [6.07, 6.45) is 3.62. The van der Waals surface area contributed by atoms with E-state index < -0.39 is 0 Å². The van der Waals surface area contributed by atoms with Crippen LogP contribution in [0.3, 0.4) is 0 Å². The van der Waals surface area contributed by atoms with Crippen molar-refractivity contribution in [3.63, 3.8) is 0 Å². The maximum absolute atomic E-state index is 12.0. The minimum Gasteiger partial charge on any atom is -0.360 e. The van der Waals surface area contributed by atoms with Crippen LogP contribution in [0.5, 0.6) is 0 Å². The number of rotatable bonds is 5. The molecule has 0 unspecified atom stereocenters. The van der Waals surface area contributed by atoms with E-state index in [2.05, 4.69) is 24.3 Å². The molecule has 1 N–H and O–H groups in total. The van der Waals surface area contributed by atoms with Gasteiger partial charge in [-0.05, 0) is 25.2 Å². The van der Waals surface area contributed by atoms with Crippen molar-refractivity contribution in [1.29, 1.82) is 0 Å². The molecule has 1 aromatic rings. The zero-order valence-corrected chi connectivity index (χ0v) is 13.3. The molecule has 1 aromatic heterocycles. The van der Waals surface area contributed by atoms with E-state index in [4.69, 9.17) is 4.52 Å². The second kappa shape index (κ2) is 7.16. The highest BCUT2D eigenvalue weighted by Crippen LogP contribution is 2.29. The Hall–Kier alpha value is -0.970. The van der Waals surface area contributed by atoms with Crippen molar-refractivity contribution in [3.8, 4) is 0 Å². The number of nitrogens with zero attached hydrogens (tertiary/aromatic N) is 1. The lowest BCUT2D eigenvalue weighted by molar-refractivity contribution is -0.119. The first kappa shape index (κ1) is 15.4. The first-order valence-corrected chi connectivity index (χ1v) is 8.51. The Morgan fingerprint density at radius 2 is 2.30 bits per heavy atom. The smallest absolute Gasteiger partial charge is 0.230 e. The zero-order chi connectivity index (χ0) is 14.5. The molecule has 0 aliphatic heterocycles. The predicted molar refractivity (Wildman–Crippen MR) is 81.5 cm³/mol. The van der Waals surface area contributed by atoms with Gasteiger partial charge in [-0.2, -0.15) is 0 Å². The van der Waals surface area contributed by atoms with Crippen LogP contribution in [0.4, 0.5) is 0 Å². The van der Waals surface area contributed by atoms with Gasteiger partial charge in [0.15, 0.2) is 0 Å². The zero-order valence-electron chi connectivity index (χ0n) is 12.5. The molecule has 3 atom stereocenters. The summed E-state index contributed by atoms with van der Waals surface area (Å²) in [7, 11) is 0. The molecule has 0 saturated heterocycles. The minimum absolute atomic E-state index is 0.136. The average molecular weight is 296 g/mol. The van der Waals surface area contributed by atoms with E-state index in [1.54, 1.807) is 11.8 Å². The van der Waals surface area contributed by atoms with E-state index in [-0.39, 0.29) is 5.91 Å². The Balaban J connectivity index is 1.69. The Kier molecular flexibility index (Phi) is 5.52. The third-order valence-electron chi connectivity index (χ3n) is 4.21. The fourth-order valence-electron chi connectivity index (χ4n) is 2.76. The molecular weight excluding hydrogens is 272 g/mol. The van der Waals surface area contributed by atoms with Crippen molar-refractivity contribution in [2.45, 2.75) is 51.8 Å². The molecule has 0 aromatic carbocycles. The molecule has 0 bridgehead atoms. The van der Waals surface area contributed by atoms with Gasteiger partial charge in [0.2, 0.25) is 5.91 Å². The molecule has 2 rings (SSSR count). The van der Waals surface area contributed by atoms with Gasteiger partial charge in [-0.15, -0.1) is 11.8 Å². The van der Waals surface area contributed by atoms with E-state index in [1.807, 2.05) is 13.0 Å². The number of amides is 1. The van der Waals surface area contributed by atoms with Gasteiger partial charge in [-0.3, -0.25) is 4.79 Å². The van der Waals surface area contributed by atoms with Gasteiger partial charge in [-0.25, -0.2) is 0 Å². The minimum atomic E-state index is 0.136. The molecule has 5 heteroatoms. The summed E-state index contributed by atoms with van der Waals surface area (Å²) in [6, 6.07) is 2.26. The SMILES string of the molecule is Cc1cc(CSCC(=O)N[C@@H]2CCC[C@H](C)[C@H]2C)on1. The summed E-state index contributed by atoms with van der Waals surface area (Å²) in [4.78, 5) is 12.0. The summed E-state index contributed by atoms with van der Waals surface area (Å²) in [5.74, 6) is 3.44. The molecule has 1 aliphatic rings. The number of hydrogen-bond acceptors (Lipinski definition) is 4. The van der Waals surface area contributed by atoms with Gasteiger partial charge in [0.25, 0.3) is 0 Å². The third kappa shape index (κ3) is 4.27. The molecule has 1 heterocycles. The van der Waals surface area contributed by atoms with Crippen LogP contribution in [-0.4, -0.2) is 22.9 Å². The number of carbonyl (C=O) groups is 1. The molecule has 0 radical (unpaired) electrons. The molecule has 1 aliphatic carbocycles. The number of aryl methyl sites for hydroxylation is 1. The fraction of sp³-hybridized carbons (Fsp3) is 0.733. The van der Waals surface area contributed by atoms with E-state index in [0.717, 1.165) is 17.9 Å². The van der Waals surface area contributed by atoms with Gasteiger partial charge >= 0.3 is 0 Å². The second-order valence-electron chi connectivity index (χ2n) is 5.87. The normalized spacial score (nSPS) is 26.4. The summed E-state index contributed by atoms with van der Waals surface area (Å²) >= 11 is 1.57. The topological polar surface area (TPSA) is 55.1 Å². The number of thioether (sulfide) groups is 1. The lowest BCUT2D eigenvalue weighted by Gasteiger charge is -2.34. The lowest BCUT2D eigenvalue weighted by atomic mass is 9.78. The van der Waals surface area contributed by atoms with Gasteiger partial charge in [0, 0.05) is 12.1 Å². The second-order valence-corrected chi connectivity index (χ2v) is 6.85. The first-order valence-electron chi connectivity index (χ1n) is 7.35. The molecule has 1 fully saturated rings. The third-order valence-corrected chi connectivity index (χ3v) is 5.16. The monoisotopic (exact) mass is 296 g/mol. The predicted octanol–water partition coefficient (Wildman–Crippen LogP) is 3.16. The maximum atomic E-state index is 12.0. The van der Waals surface area contributed by atoms with E-state index in [9.17, 15) is 4.79 Å². The number of aromatic nitrogens is 1. The van der Waals surface area contributed by atoms with Crippen LogP contribution in [0, 0.1) is 18.8 Å². The van der Waals surface area contributed by atoms with Crippen molar-refractivity contribution in [3.05, 3.63) is 17.5 Å². The van der Waals surface area contributed by atoms with Crippen LogP contribution in [0.1, 0.15) is 44.6 Å². The number of nitrogens with one attached hydrogen (secondary N) is 1. The van der Waals surface area contributed by atoms with E-state index in [0.29, 0.717) is 29.4 Å². The maximum Gasteiger partial charge on any atom is 0.230 e. The Morgan fingerprint density at radius 1 is 1.50 bits per heavy atom. The summed E-state index contributed by atoms with van der Waals surface area (Å²) in [5, 5.41) is 7.02. The van der Waals surface area contributed by atoms with Gasteiger partial charge in [0.1, 0.15) is 5.76 Å². The average Bonchev–Trinajstić information content (AvgIpc) is 2.81. The fourth-order valence-corrected chi connectivity index (χ4v) is 3.47. The van der Waals surface area contributed by atoms with Crippen molar-refractivity contribution in [1.82, 2.24) is 10.5 Å². The molecule has 1 amide bonds. The summed E-state index contributed by atoms with van der Waals surface area (Å²) in [6.45, 7) is 6.43. The molecule has 1 saturated carbocycles. The van der Waals surface area contributed by atoms with Crippen molar-refractivity contribution in [2.75, 3.05) is 5.75 Å². The highest BCUT2D eigenvalue weighted by Gasteiger charge is 2.27. The molecule has 112 valence electrons. The summed E-state index contributed by atoms with van der Waals surface area (Å²) < 4.78 is 5.12. The molecule has 20 heavy (non-hydrogen) atoms. The van der Waals surface area contributed by atoms with Gasteiger partial charge < -0.3 is 9.84 Å². The van der Waals surface area contributed by atoms with Crippen LogP contribution in [0.25, 0.3) is 0 Å². The van der Waals surface area contributed by atoms with Crippen LogP contribution in [-0.2, 0) is 10.5 Å².